The Morgan fingerprint density at radius 3 is 2.03 bits per heavy atom. The van der Waals surface area contributed by atoms with Gasteiger partial charge in [-0.3, -0.25) is 4.79 Å². The predicted molar refractivity (Wildman–Crippen MR) is 140 cm³/mol. The molecular weight excluding hydrogens is 396 g/mol. The van der Waals surface area contributed by atoms with Crippen molar-refractivity contribution in [3.05, 3.63) is 56.7 Å². The standard InChI is InChI=1S/C21H27NO2.C6H12.CH5N/c1-6-8-9-18-17(13-23)12-22(21(18)14(3)7-2)20-15(4)10-11-19(24)16(20)5;1-5(2)6(3)4;1-2/h9-13,24H,6-8H2,1-5H3;1-4H3;2H2,1H3/b18-9-,21-14?;;. The third-order valence-corrected chi connectivity index (χ3v) is 5.62. The highest BCUT2D eigenvalue weighted by molar-refractivity contribution is 5.76. The highest BCUT2D eigenvalue weighted by atomic mass is 16.3. The summed E-state index contributed by atoms with van der Waals surface area (Å²) in [6.45, 7) is 18.8. The van der Waals surface area contributed by atoms with Gasteiger partial charge in [0.2, 0.25) is 0 Å². The first kappa shape index (κ1) is 29.4. The molecule has 3 N–H and O–H groups in total. The molecule has 0 spiro atoms. The van der Waals surface area contributed by atoms with Crippen LogP contribution in [0.4, 0.5) is 0 Å². The third-order valence-electron chi connectivity index (χ3n) is 5.62. The Labute approximate surface area is 195 Å². The number of nitrogens with zero attached hydrogens (tertiary/aromatic N) is 1. The lowest BCUT2D eigenvalue weighted by Crippen LogP contribution is -2.32. The molecule has 0 fully saturated rings. The maximum Gasteiger partial charge on any atom is 0.152 e. The van der Waals surface area contributed by atoms with Gasteiger partial charge in [0.25, 0.3) is 0 Å². The van der Waals surface area contributed by atoms with Crippen LogP contribution in [0.3, 0.4) is 0 Å². The summed E-state index contributed by atoms with van der Waals surface area (Å²) >= 11 is 0. The first-order valence-corrected chi connectivity index (χ1v) is 11.4. The van der Waals surface area contributed by atoms with Crippen LogP contribution in [0.25, 0.3) is 17.3 Å². The van der Waals surface area contributed by atoms with Gasteiger partial charge in [0.15, 0.2) is 6.29 Å². The maximum absolute atomic E-state index is 11.6. The smallest absolute Gasteiger partial charge is 0.152 e. The van der Waals surface area contributed by atoms with Gasteiger partial charge in [-0.25, -0.2) is 0 Å². The average molecular weight is 441 g/mol. The SMILES string of the molecule is CC(C)=C(C)C.CCC/C=c1/c(C=O)cn(-c2c(C)ccc(O)c2C)c1=C(C)CC.CN. The Morgan fingerprint density at radius 2 is 1.59 bits per heavy atom. The van der Waals surface area contributed by atoms with Crippen LogP contribution in [0, 0.1) is 13.8 Å². The van der Waals surface area contributed by atoms with Crippen LogP contribution in [-0.4, -0.2) is 23.0 Å². The number of nitrogens with two attached hydrogens (primary N) is 1. The number of phenols is 1. The van der Waals surface area contributed by atoms with Gasteiger partial charge in [0, 0.05) is 22.5 Å². The van der Waals surface area contributed by atoms with Crippen LogP contribution < -0.4 is 16.3 Å². The molecule has 1 aromatic heterocycles. The third kappa shape index (κ3) is 7.52. The number of phenolic OH excluding ortho intramolecular Hbond substituents is 1. The van der Waals surface area contributed by atoms with Crippen molar-refractivity contribution in [2.24, 2.45) is 5.73 Å². The largest absolute Gasteiger partial charge is 0.508 e. The van der Waals surface area contributed by atoms with E-state index in [-0.39, 0.29) is 5.75 Å². The number of aromatic nitrogens is 1. The number of carbonyl (C=O) groups excluding carboxylic acids is 1. The fraction of sp³-hybridized carbons (Fsp3) is 0.464. The second kappa shape index (κ2) is 14.5. The molecule has 0 amide bonds. The van der Waals surface area contributed by atoms with Crippen molar-refractivity contribution in [3.8, 4) is 11.4 Å². The summed E-state index contributed by atoms with van der Waals surface area (Å²) in [6, 6.07) is 3.64. The summed E-state index contributed by atoms with van der Waals surface area (Å²) in [6.07, 6.45) is 7.87. The van der Waals surface area contributed by atoms with Crippen molar-refractivity contribution in [1.29, 1.82) is 0 Å². The molecule has 1 heterocycles. The minimum absolute atomic E-state index is 0.274. The molecule has 0 aliphatic carbocycles. The first-order valence-electron chi connectivity index (χ1n) is 11.4. The lowest BCUT2D eigenvalue weighted by atomic mass is 10.1. The number of hydrogen-bond donors (Lipinski definition) is 2. The van der Waals surface area contributed by atoms with Gasteiger partial charge in [0.1, 0.15) is 5.75 Å². The zero-order valence-corrected chi connectivity index (χ0v) is 21.9. The highest BCUT2D eigenvalue weighted by Crippen LogP contribution is 2.26. The van der Waals surface area contributed by atoms with E-state index >= 15 is 0 Å². The minimum Gasteiger partial charge on any atom is -0.508 e. The number of unbranched alkanes of at least 4 members (excludes halogenated alkanes) is 1. The van der Waals surface area contributed by atoms with Crippen LogP contribution in [-0.2, 0) is 0 Å². The summed E-state index contributed by atoms with van der Waals surface area (Å²) < 4.78 is 2.08. The summed E-state index contributed by atoms with van der Waals surface area (Å²) in [7, 11) is 1.50. The second-order valence-corrected chi connectivity index (χ2v) is 8.34. The first-order chi connectivity index (χ1) is 15.1. The Balaban J connectivity index is 0.00000104. The van der Waals surface area contributed by atoms with Crippen LogP contribution in [0.5, 0.6) is 5.75 Å². The van der Waals surface area contributed by atoms with E-state index in [1.54, 1.807) is 6.07 Å². The summed E-state index contributed by atoms with van der Waals surface area (Å²) in [5, 5.41) is 12.2. The molecule has 0 saturated carbocycles. The molecule has 2 aromatic rings. The maximum atomic E-state index is 11.6. The predicted octanol–water partition coefficient (Wildman–Crippen LogP) is 5.71. The molecule has 178 valence electrons. The van der Waals surface area contributed by atoms with Crippen molar-refractivity contribution >= 4 is 17.9 Å². The quantitative estimate of drug-likeness (QED) is 0.462. The van der Waals surface area contributed by atoms with Crippen LogP contribution in [0.15, 0.2) is 29.5 Å². The summed E-state index contributed by atoms with van der Waals surface area (Å²) in [4.78, 5) is 11.6. The fourth-order valence-electron chi connectivity index (χ4n) is 3.11. The Hall–Kier alpha value is -2.59. The molecule has 0 aliphatic heterocycles. The number of aromatic hydroxyl groups is 1. The van der Waals surface area contributed by atoms with E-state index < -0.39 is 0 Å². The second-order valence-electron chi connectivity index (χ2n) is 8.34. The van der Waals surface area contributed by atoms with Crippen LogP contribution in [0.2, 0.25) is 0 Å². The van der Waals surface area contributed by atoms with Crippen molar-refractivity contribution in [2.45, 2.75) is 81.6 Å². The molecule has 0 radical (unpaired) electrons. The lowest BCUT2D eigenvalue weighted by molar-refractivity contribution is 0.112. The monoisotopic (exact) mass is 440 g/mol. The van der Waals surface area contributed by atoms with E-state index in [0.717, 1.165) is 52.9 Å². The van der Waals surface area contributed by atoms with Crippen molar-refractivity contribution < 1.29 is 9.90 Å². The lowest BCUT2D eigenvalue weighted by Gasteiger charge is -2.14. The van der Waals surface area contributed by atoms with E-state index in [1.165, 1.54) is 23.8 Å². The Morgan fingerprint density at radius 1 is 1.03 bits per heavy atom. The van der Waals surface area contributed by atoms with E-state index in [4.69, 9.17) is 0 Å². The van der Waals surface area contributed by atoms with Crippen molar-refractivity contribution in [1.82, 2.24) is 4.57 Å². The average Bonchev–Trinajstić information content (AvgIpc) is 3.14. The van der Waals surface area contributed by atoms with Crippen LogP contribution >= 0.6 is 0 Å². The van der Waals surface area contributed by atoms with Crippen molar-refractivity contribution in [3.63, 3.8) is 0 Å². The number of hydrogen-bond acceptors (Lipinski definition) is 3. The zero-order valence-electron chi connectivity index (χ0n) is 21.9. The molecule has 0 atom stereocenters. The van der Waals surface area contributed by atoms with E-state index in [2.05, 4.69) is 64.8 Å². The number of allylic oxidation sites excluding steroid dienone is 2. The molecule has 0 aliphatic rings. The molecule has 2 rings (SSSR count). The molecule has 32 heavy (non-hydrogen) atoms. The van der Waals surface area contributed by atoms with E-state index in [9.17, 15) is 9.90 Å². The molecular formula is C28H44N2O2. The normalized spacial score (nSPS) is 11.7. The number of rotatable bonds is 5. The molecule has 1 aromatic carbocycles. The summed E-state index contributed by atoms with van der Waals surface area (Å²) in [5.74, 6) is 0.274. The number of aldehydes is 1. The van der Waals surface area contributed by atoms with E-state index in [1.807, 2.05) is 26.1 Å². The molecule has 4 nitrogen and oxygen atoms in total. The van der Waals surface area contributed by atoms with E-state index in [0.29, 0.717) is 5.56 Å². The number of carbonyl (C=O) groups is 1. The Bertz CT molecular complexity index is 1020. The minimum atomic E-state index is 0.274. The number of benzene rings is 1. The van der Waals surface area contributed by atoms with Gasteiger partial charge in [-0.1, -0.05) is 43.6 Å². The van der Waals surface area contributed by atoms with Gasteiger partial charge in [-0.05, 0) is 85.6 Å². The zero-order chi connectivity index (χ0) is 25.0. The van der Waals surface area contributed by atoms with Gasteiger partial charge in [-0.15, -0.1) is 0 Å². The van der Waals surface area contributed by atoms with Crippen molar-refractivity contribution in [2.75, 3.05) is 7.05 Å². The summed E-state index contributed by atoms with van der Waals surface area (Å²) in [5.41, 5.74) is 12.1. The number of aryl methyl sites for hydroxylation is 1. The van der Waals surface area contributed by atoms with Gasteiger partial charge in [0.05, 0.1) is 11.0 Å². The highest BCUT2D eigenvalue weighted by Gasteiger charge is 2.14. The topological polar surface area (TPSA) is 68.2 Å². The van der Waals surface area contributed by atoms with Crippen LogP contribution in [0.1, 0.15) is 89.2 Å². The molecule has 0 unspecified atom stereocenters. The molecule has 4 heteroatoms. The van der Waals surface area contributed by atoms with Gasteiger partial charge >= 0.3 is 0 Å². The molecule has 0 saturated heterocycles. The van der Waals surface area contributed by atoms with Gasteiger partial charge in [-0.2, -0.15) is 0 Å². The fourth-order valence-corrected chi connectivity index (χ4v) is 3.11. The Kier molecular flexibility index (Phi) is 13.3. The molecule has 0 bridgehead atoms. The van der Waals surface area contributed by atoms with Gasteiger partial charge < -0.3 is 15.4 Å².